The van der Waals surface area contributed by atoms with Gasteiger partial charge in [-0.1, -0.05) is 66.7 Å². The topological polar surface area (TPSA) is 159 Å². The van der Waals surface area contributed by atoms with Gasteiger partial charge in [-0.25, -0.2) is 37.7 Å². The summed E-state index contributed by atoms with van der Waals surface area (Å²) in [4.78, 5) is 65.9. The number of aliphatic hydroxyl groups excluding tert-OH is 2. The van der Waals surface area contributed by atoms with Gasteiger partial charge in [-0.05, 0) is 45.8 Å². The predicted molar refractivity (Wildman–Crippen MR) is 170 cm³/mol. The number of hydrogen-bond acceptors (Lipinski definition) is 9. The summed E-state index contributed by atoms with van der Waals surface area (Å²) < 4.78 is 12.9. The maximum absolute atomic E-state index is 13.5. The first-order chi connectivity index (χ1) is 22.2. The Morgan fingerprint density at radius 2 is 1.02 bits per heavy atom. The van der Waals surface area contributed by atoms with E-state index in [-0.39, 0.29) is 17.7 Å². The monoisotopic (exact) mass is 625 g/mol. The van der Waals surface area contributed by atoms with Crippen LogP contribution < -0.4 is 17.1 Å². The summed E-state index contributed by atoms with van der Waals surface area (Å²) in [5, 5.41) is 23.4. The number of ether oxygens (including phenoxy) is 2. The molecule has 0 radical (unpaired) electrons. The normalized spacial score (nSPS) is 12.5. The molecule has 0 bridgehead atoms. The summed E-state index contributed by atoms with van der Waals surface area (Å²) >= 11 is 0. The van der Waals surface area contributed by atoms with Crippen molar-refractivity contribution in [3.63, 3.8) is 0 Å². The molecule has 0 aliphatic heterocycles. The third-order valence-corrected chi connectivity index (χ3v) is 7.39. The molecule has 1 heterocycles. The fraction of sp³-hybridized carbons (Fsp3) is 0.206. The number of rotatable bonds is 12. The van der Waals surface area contributed by atoms with Crippen LogP contribution in [0.5, 0.6) is 0 Å². The van der Waals surface area contributed by atoms with Gasteiger partial charge in [0.25, 0.3) is 0 Å². The van der Waals surface area contributed by atoms with Gasteiger partial charge in [0.1, 0.15) is 12.2 Å². The third kappa shape index (κ3) is 6.72. The predicted octanol–water partition coefficient (Wildman–Crippen LogP) is 2.10. The average Bonchev–Trinajstić information content (AvgIpc) is 3.08. The first-order valence-electron chi connectivity index (χ1n) is 14.4. The molecule has 0 aliphatic carbocycles. The fourth-order valence-corrected chi connectivity index (χ4v) is 5.02. The maximum atomic E-state index is 13.5. The molecule has 46 heavy (non-hydrogen) atoms. The summed E-state index contributed by atoms with van der Waals surface area (Å²) in [6, 6.07) is 24.5. The Kier molecular flexibility index (Phi) is 9.70. The van der Waals surface area contributed by atoms with Crippen LogP contribution in [0.15, 0.2) is 112 Å². The number of aromatic nitrogens is 3. The standard InChI is InChI=1S/C34H31N3O9/c1-2-15-35-32(42)36(18-28(20-38)45-30(40)26-13-11-22-7-3-5-9-24(22)16-26)34(44)37(33(35)43)19-29(21-39)46-31(41)27-14-12-23-8-4-6-10-25(23)17-27/h2-14,16-17,28-29,38-39H,1,15,18-21H2. The van der Waals surface area contributed by atoms with Crippen LogP contribution in [-0.2, 0) is 29.1 Å². The molecule has 236 valence electrons. The van der Waals surface area contributed by atoms with Crippen molar-refractivity contribution in [2.24, 2.45) is 0 Å². The number of hydrogen-bond donors (Lipinski definition) is 2. The zero-order valence-electron chi connectivity index (χ0n) is 24.7. The van der Waals surface area contributed by atoms with Crippen molar-refractivity contribution in [3.8, 4) is 0 Å². The van der Waals surface area contributed by atoms with Gasteiger partial charge >= 0.3 is 29.0 Å². The molecular formula is C34H31N3O9. The van der Waals surface area contributed by atoms with Gasteiger partial charge in [0.2, 0.25) is 0 Å². The van der Waals surface area contributed by atoms with Gasteiger partial charge in [0.15, 0.2) is 0 Å². The summed E-state index contributed by atoms with van der Waals surface area (Å²) in [5.41, 5.74) is -2.79. The van der Waals surface area contributed by atoms with Crippen molar-refractivity contribution in [2.45, 2.75) is 31.8 Å². The molecule has 4 aromatic carbocycles. The quantitative estimate of drug-likeness (QED) is 0.156. The van der Waals surface area contributed by atoms with Crippen molar-refractivity contribution in [1.82, 2.24) is 13.7 Å². The molecule has 0 aliphatic rings. The fourth-order valence-electron chi connectivity index (χ4n) is 5.02. The molecule has 1 aromatic heterocycles. The minimum atomic E-state index is -1.34. The molecule has 2 N–H and O–H groups in total. The molecule has 0 fully saturated rings. The highest BCUT2D eigenvalue weighted by Gasteiger charge is 2.24. The van der Waals surface area contributed by atoms with Crippen LogP contribution in [0.1, 0.15) is 20.7 Å². The minimum absolute atomic E-state index is 0.192. The minimum Gasteiger partial charge on any atom is -0.454 e. The Morgan fingerprint density at radius 3 is 1.41 bits per heavy atom. The lowest BCUT2D eigenvalue weighted by molar-refractivity contribution is 0.00550. The number of allylic oxidation sites excluding steroid dienone is 1. The van der Waals surface area contributed by atoms with E-state index in [1.54, 1.807) is 36.4 Å². The number of nitrogens with zero attached hydrogens (tertiary/aromatic N) is 3. The van der Waals surface area contributed by atoms with Crippen molar-refractivity contribution in [1.29, 1.82) is 0 Å². The summed E-state index contributed by atoms with van der Waals surface area (Å²) in [7, 11) is 0. The SMILES string of the molecule is C=CCn1c(=O)n(CC(CO)OC(=O)c2ccc3ccccc3c2)c(=O)n(CC(CO)OC(=O)c2ccc3ccccc3c2)c1=O. The number of benzene rings is 4. The van der Waals surface area contributed by atoms with E-state index in [1.165, 1.54) is 6.08 Å². The molecule has 5 rings (SSSR count). The van der Waals surface area contributed by atoms with Gasteiger partial charge < -0.3 is 19.7 Å². The molecule has 2 atom stereocenters. The summed E-state index contributed by atoms with van der Waals surface area (Å²) in [6.45, 7) is 0.604. The second kappa shape index (κ2) is 14.0. The number of carbonyl (C=O) groups excluding carboxylic acids is 2. The van der Waals surface area contributed by atoms with E-state index in [0.29, 0.717) is 13.7 Å². The van der Waals surface area contributed by atoms with Crippen LogP contribution in [0.25, 0.3) is 21.5 Å². The third-order valence-electron chi connectivity index (χ3n) is 7.39. The van der Waals surface area contributed by atoms with Crippen molar-refractivity contribution < 1.29 is 29.3 Å². The number of esters is 2. The molecule has 2 unspecified atom stereocenters. The Morgan fingerprint density at radius 1 is 0.630 bits per heavy atom. The first kappa shape index (κ1) is 31.8. The number of carbonyl (C=O) groups is 2. The molecule has 12 nitrogen and oxygen atoms in total. The molecule has 0 spiro atoms. The zero-order valence-corrected chi connectivity index (χ0v) is 24.7. The summed E-state index contributed by atoms with van der Waals surface area (Å²) in [5.74, 6) is -1.59. The Labute approximate surface area is 261 Å². The Balaban J connectivity index is 1.40. The molecule has 5 aromatic rings. The van der Waals surface area contributed by atoms with Gasteiger partial charge in [-0.2, -0.15) is 0 Å². The highest BCUT2D eigenvalue weighted by atomic mass is 16.6. The number of fused-ring (bicyclic) bond motifs is 2. The molecular weight excluding hydrogens is 594 g/mol. The smallest absolute Gasteiger partial charge is 0.338 e. The van der Waals surface area contributed by atoms with Crippen LogP contribution in [-0.4, -0.2) is 61.3 Å². The van der Waals surface area contributed by atoms with E-state index in [2.05, 4.69) is 6.58 Å². The van der Waals surface area contributed by atoms with Gasteiger partial charge in [0, 0.05) is 0 Å². The van der Waals surface area contributed by atoms with Gasteiger partial charge in [-0.3, -0.25) is 0 Å². The zero-order chi connectivity index (χ0) is 32.8. The van der Waals surface area contributed by atoms with Gasteiger partial charge in [-0.15, -0.1) is 6.58 Å². The van der Waals surface area contributed by atoms with E-state index in [4.69, 9.17) is 9.47 Å². The highest BCUT2D eigenvalue weighted by molar-refractivity contribution is 5.96. The summed E-state index contributed by atoms with van der Waals surface area (Å²) in [6.07, 6.45) is -1.41. The molecule has 0 amide bonds. The lowest BCUT2D eigenvalue weighted by Gasteiger charge is -2.20. The van der Waals surface area contributed by atoms with E-state index >= 15 is 0 Å². The van der Waals surface area contributed by atoms with Crippen LogP contribution >= 0.6 is 0 Å². The maximum Gasteiger partial charge on any atom is 0.338 e. The average molecular weight is 626 g/mol. The van der Waals surface area contributed by atoms with Crippen molar-refractivity contribution >= 4 is 33.5 Å². The van der Waals surface area contributed by atoms with Crippen LogP contribution in [0.3, 0.4) is 0 Å². The lowest BCUT2D eigenvalue weighted by Crippen LogP contribution is -2.56. The molecule has 0 saturated heterocycles. The van der Waals surface area contributed by atoms with Crippen LogP contribution in [0.4, 0.5) is 0 Å². The molecule has 0 saturated carbocycles. The van der Waals surface area contributed by atoms with E-state index in [0.717, 1.165) is 21.5 Å². The van der Waals surface area contributed by atoms with E-state index in [9.17, 15) is 34.2 Å². The van der Waals surface area contributed by atoms with Crippen LogP contribution in [0, 0.1) is 0 Å². The van der Waals surface area contributed by atoms with E-state index < -0.39 is 67.5 Å². The lowest BCUT2D eigenvalue weighted by atomic mass is 10.1. The second-order valence-corrected chi connectivity index (χ2v) is 10.5. The first-order valence-corrected chi connectivity index (χ1v) is 14.4. The van der Waals surface area contributed by atoms with Crippen molar-refractivity contribution in [2.75, 3.05) is 13.2 Å². The van der Waals surface area contributed by atoms with E-state index in [1.807, 2.05) is 48.5 Å². The van der Waals surface area contributed by atoms with Crippen molar-refractivity contribution in [3.05, 3.63) is 140 Å². The van der Waals surface area contributed by atoms with Gasteiger partial charge in [0.05, 0.1) is 44.0 Å². The largest absolute Gasteiger partial charge is 0.454 e. The second-order valence-electron chi connectivity index (χ2n) is 10.5. The number of aliphatic hydroxyl groups is 2. The molecule has 12 heteroatoms. The Bertz CT molecular complexity index is 1970. The highest BCUT2D eigenvalue weighted by Crippen LogP contribution is 2.18. The Hall–Kier alpha value is -5.59. The van der Waals surface area contributed by atoms with Crippen LogP contribution in [0.2, 0.25) is 0 Å².